The van der Waals surface area contributed by atoms with Crippen molar-refractivity contribution in [1.82, 2.24) is 0 Å². The van der Waals surface area contributed by atoms with Crippen LogP contribution >= 0.6 is 11.8 Å². The molecule has 0 bridgehead atoms. The molecule has 0 amide bonds. The molecule has 9 aromatic carbocycles. The molecule has 0 N–H and O–H groups in total. The maximum atomic E-state index is 15.6. The van der Waals surface area contributed by atoms with Crippen LogP contribution < -0.4 is 14.2 Å². The van der Waals surface area contributed by atoms with Gasteiger partial charge in [-0.15, -0.1) is 11.8 Å². The second-order valence-electron chi connectivity index (χ2n) is 25.7. The van der Waals surface area contributed by atoms with E-state index in [9.17, 15) is 14.4 Å². The number of benzene rings is 9. The van der Waals surface area contributed by atoms with Crippen LogP contribution in [0.4, 0.5) is 0 Å². The lowest BCUT2D eigenvalue weighted by Gasteiger charge is -2.52. The van der Waals surface area contributed by atoms with Crippen LogP contribution in [0.15, 0.2) is 255 Å². The van der Waals surface area contributed by atoms with E-state index in [4.69, 9.17) is 85.3 Å². The molecule has 9 aromatic rings. The van der Waals surface area contributed by atoms with Crippen molar-refractivity contribution in [3.8, 4) is 17.2 Å². The number of carbonyl (C=O) groups excluding carboxylic acids is 6. The first kappa shape index (κ1) is 77.4. The van der Waals surface area contributed by atoms with Crippen molar-refractivity contribution in [2.24, 2.45) is 0 Å². The van der Waals surface area contributed by atoms with E-state index in [1.165, 1.54) is 130 Å². The van der Waals surface area contributed by atoms with Gasteiger partial charge in [-0.25, -0.2) is 28.8 Å². The number of esters is 6. The van der Waals surface area contributed by atoms with Crippen LogP contribution in [0.1, 0.15) is 85.1 Å². The lowest BCUT2D eigenvalue weighted by atomic mass is 9.95. The molecule has 0 spiro atoms. The van der Waals surface area contributed by atoms with Crippen molar-refractivity contribution < 1.29 is 114 Å². The summed E-state index contributed by atoms with van der Waals surface area (Å²) in [6.45, 7) is -1.77. The zero-order valence-corrected chi connectivity index (χ0v) is 61.0. The largest absolute Gasteiger partial charge is 0.497 e. The molecule has 4 fully saturated rings. The Balaban J connectivity index is 1.01. The molecule has 16 atom stereocenters. The van der Waals surface area contributed by atoms with E-state index in [0.717, 1.165) is 5.56 Å². The van der Waals surface area contributed by atoms with Crippen molar-refractivity contribution in [2.45, 2.75) is 111 Å². The van der Waals surface area contributed by atoms with Gasteiger partial charge in [-0.2, -0.15) is 0 Å². The fourth-order valence-electron chi connectivity index (χ4n) is 13.0. The number of carbonyl (C=O) groups is 6. The predicted molar refractivity (Wildman–Crippen MR) is 395 cm³/mol. The fourth-order valence-corrected chi connectivity index (χ4v) is 13.7. The standard InChI is InChI=1S/C85H80O24S/c1-92-61-41-35-57(36-42-61)77(87)98-50-65-68(104-80(90)58-37-43-62(93-2)44-38-58)71(106-81(91)59-39-45-63(94-3)46-40-59)74(84(101-65)108-72-69-66(51-99-82(107-69)60-33-21-10-22-34-60)102-85(110-4)75(72)96-48-53-25-13-6-14-26-53)109-83-73(95-47-52-23-11-5-12-24-52)70(105-79(89)56-31-19-9-20-32-56)67(103-78(88)55-29-17-8-18-30-55)64(100-83)49-97-76(86)54-27-15-7-16-28-54/h5-46,64-75,82-85H,47-51H2,1-4H3/t64-,65-,66-,67-,68-,69-,70+,71+,72+,73-,74-,75-,82?,83-,84-,85-/m1/s1. The Labute approximate surface area is 638 Å². The van der Waals surface area contributed by atoms with E-state index in [0.29, 0.717) is 28.4 Å². The van der Waals surface area contributed by atoms with E-state index in [1.54, 1.807) is 97.1 Å². The Kier molecular flexibility index (Phi) is 26.4. The molecule has 0 radical (unpaired) electrons. The van der Waals surface area contributed by atoms with Crippen molar-refractivity contribution in [1.29, 1.82) is 0 Å². The molecule has 0 saturated carbocycles. The fraction of sp³-hybridized carbons (Fsp3) is 0.294. The number of fused-ring (bicyclic) bond motifs is 1. The first-order chi connectivity index (χ1) is 53.8. The molecule has 1 unspecified atom stereocenters. The summed E-state index contributed by atoms with van der Waals surface area (Å²) in [6, 6.07) is 69.7. The molecule has 110 heavy (non-hydrogen) atoms. The summed E-state index contributed by atoms with van der Waals surface area (Å²) < 4.78 is 119. The van der Waals surface area contributed by atoms with E-state index in [1.807, 2.05) is 66.9 Å². The van der Waals surface area contributed by atoms with Crippen LogP contribution in [-0.4, -0.2) is 174 Å². The summed E-state index contributed by atoms with van der Waals surface area (Å²) in [4.78, 5) is 89.6. The summed E-state index contributed by atoms with van der Waals surface area (Å²) in [5, 5.41) is 0. The van der Waals surface area contributed by atoms with Gasteiger partial charge in [-0.3, -0.25) is 0 Å². The van der Waals surface area contributed by atoms with Gasteiger partial charge in [0.25, 0.3) is 0 Å². The number of hydrogen-bond donors (Lipinski definition) is 0. The van der Waals surface area contributed by atoms with Crippen LogP contribution in [0.5, 0.6) is 17.2 Å². The molecule has 13 rings (SSSR count). The van der Waals surface area contributed by atoms with Gasteiger partial charge in [0, 0.05) is 5.56 Å². The number of hydrogen-bond acceptors (Lipinski definition) is 25. The van der Waals surface area contributed by atoms with E-state index >= 15 is 14.4 Å². The second kappa shape index (κ2) is 37.5. The minimum Gasteiger partial charge on any atom is -0.497 e. The van der Waals surface area contributed by atoms with Gasteiger partial charge in [0.05, 0.1) is 74.5 Å². The molecule has 570 valence electrons. The van der Waals surface area contributed by atoms with Crippen molar-refractivity contribution >= 4 is 47.6 Å². The van der Waals surface area contributed by atoms with Gasteiger partial charge in [-0.05, 0) is 127 Å². The highest BCUT2D eigenvalue weighted by molar-refractivity contribution is 7.99. The smallest absolute Gasteiger partial charge is 0.338 e. The van der Waals surface area contributed by atoms with Gasteiger partial charge in [0.1, 0.15) is 78.6 Å². The quantitative estimate of drug-likeness (QED) is 0.0311. The van der Waals surface area contributed by atoms with Crippen LogP contribution in [0, 0.1) is 0 Å². The third-order valence-electron chi connectivity index (χ3n) is 18.7. The van der Waals surface area contributed by atoms with Crippen LogP contribution in [-0.2, 0) is 84.3 Å². The highest BCUT2D eigenvalue weighted by Gasteiger charge is 2.60. The van der Waals surface area contributed by atoms with Gasteiger partial charge in [0.2, 0.25) is 0 Å². The number of rotatable bonds is 29. The molecule has 4 aliphatic rings. The highest BCUT2D eigenvalue weighted by atomic mass is 32.2. The first-order valence-electron chi connectivity index (χ1n) is 35.5. The normalized spacial score (nSPS) is 24.9. The lowest BCUT2D eigenvalue weighted by Crippen LogP contribution is -2.69. The zero-order chi connectivity index (χ0) is 76.3. The number of methoxy groups -OCH3 is 3. The van der Waals surface area contributed by atoms with E-state index in [2.05, 4.69) is 0 Å². The van der Waals surface area contributed by atoms with Gasteiger partial charge in [0.15, 0.2) is 49.4 Å². The third-order valence-corrected chi connectivity index (χ3v) is 19.5. The Bertz CT molecular complexity index is 4450. The molecular formula is C85H80O24S. The number of thioether (sulfide) groups is 1. The Morgan fingerprint density at radius 1 is 0.355 bits per heavy atom. The van der Waals surface area contributed by atoms with Crippen LogP contribution in [0.2, 0.25) is 0 Å². The SMILES string of the molecule is COc1ccc(C(=O)OC[C@H]2O[C@H](O[C@@H]3[C@@H](OCc4ccccc4)[C@@H](SC)O[C@@H]4COC(c5ccccc5)O[C@@H]34)[C@H](O[C@H]3O[C@H](COC(=O)c4ccccc4)[C@@H](OC(=O)c4ccccc4)[C@H](OC(=O)c4ccccc4)[C@H]3OCc3ccccc3)[C@@H](OC(=O)c3ccc(OC)cc3)[C@@H]2OC(=O)c2ccc(OC)cc2)cc1. The van der Waals surface area contributed by atoms with Gasteiger partial charge >= 0.3 is 35.8 Å². The minimum atomic E-state index is -2.00. The maximum Gasteiger partial charge on any atom is 0.338 e. The predicted octanol–water partition coefficient (Wildman–Crippen LogP) is 12.2. The van der Waals surface area contributed by atoms with Crippen molar-refractivity contribution in [2.75, 3.05) is 47.4 Å². The zero-order valence-electron chi connectivity index (χ0n) is 60.2. The summed E-state index contributed by atoms with van der Waals surface area (Å²) in [5.41, 5.74) is 1.47. The third kappa shape index (κ3) is 19.2. The van der Waals surface area contributed by atoms with E-state index < -0.39 is 147 Å². The average molecular weight is 1520 g/mol. The molecular weight excluding hydrogens is 1440 g/mol. The van der Waals surface area contributed by atoms with Gasteiger partial charge in [-0.1, -0.05) is 146 Å². The van der Waals surface area contributed by atoms with Gasteiger partial charge < -0.3 is 85.3 Å². The Morgan fingerprint density at radius 3 is 1.12 bits per heavy atom. The van der Waals surface area contributed by atoms with Crippen LogP contribution in [0.3, 0.4) is 0 Å². The lowest BCUT2D eigenvalue weighted by molar-refractivity contribution is -0.393. The summed E-state index contributed by atoms with van der Waals surface area (Å²) >= 11 is 1.31. The topological polar surface area (TPSA) is 269 Å². The molecule has 4 aliphatic heterocycles. The molecule has 0 aliphatic carbocycles. The van der Waals surface area contributed by atoms with Crippen molar-refractivity contribution in [3.05, 3.63) is 305 Å². The summed E-state index contributed by atoms with van der Waals surface area (Å²) in [5.74, 6) is -4.33. The number of ether oxygens (including phenoxy) is 18. The average Bonchev–Trinajstić information content (AvgIpc) is 0.754. The molecule has 0 aromatic heterocycles. The monoisotopic (exact) mass is 1520 g/mol. The second-order valence-corrected chi connectivity index (χ2v) is 26.7. The highest BCUT2D eigenvalue weighted by Crippen LogP contribution is 2.43. The summed E-state index contributed by atoms with van der Waals surface area (Å²) in [7, 11) is 4.39. The maximum absolute atomic E-state index is 15.6. The summed E-state index contributed by atoms with van der Waals surface area (Å²) in [6.07, 6.45) is -22.1. The Hall–Kier alpha value is -10.8. The van der Waals surface area contributed by atoms with E-state index in [-0.39, 0.29) is 53.2 Å². The molecule has 25 heteroatoms. The molecule has 4 heterocycles. The molecule has 24 nitrogen and oxygen atoms in total. The Morgan fingerprint density at radius 2 is 0.700 bits per heavy atom. The molecule has 4 saturated heterocycles. The first-order valence-corrected chi connectivity index (χ1v) is 36.8. The van der Waals surface area contributed by atoms with Crippen LogP contribution in [0.25, 0.3) is 0 Å². The minimum absolute atomic E-state index is 0.00828. The van der Waals surface area contributed by atoms with Crippen molar-refractivity contribution in [3.63, 3.8) is 0 Å².